The van der Waals surface area contributed by atoms with E-state index in [2.05, 4.69) is 14.7 Å². The summed E-state index contributed by atoms with van der Waals surface area (Å²) in [4.78, 5) is 15.6. The van der Waals surface area contributed by atoms with E-state index in [-0.39, 0.29) is 23.3 Å². The maximum atomic E-state index is 12.3. The first-order chi connectivity index (χ1) is 7.52. The molecule has 0 aliphatic heterocycles. The number of halogens is 3. The van der Waals surface area contributed by atoms with Crippen LogP contribution in [0, 0.1) is 0 Å². The van der Waals surface area contributed by atoms with Crippen LogP contribution in [-0.2, 0) is 11.0 Å². The minimum atomic E-state index is -4.56. The molecule has 0 bridgehead atoms. The molecule has 1 heterocycles. The van der Waals surface area contributed by atoms with Crippen LogP contribution in [0.2, 0.25) is 0 Å². The molecule has 4 nitrogen and oxygen atoms in total. The molecule has 0 atom stereocenters. The summed E-state index contributed by atoms with van der Waals surface area (Å²) < 4.78 is 41.5. The summed E-state index contributed by atoms with van der Waals surface area (Å²) in [5, 5.41) is 0. The normalized spacial score (nSPS) is 11.7. The predicted molar refractivity (Wildman–Crippen MR) is 47.8 cm³/mol. The Bertz CT molecular complexity index is 533. The SMILES string of the molecule is O=COc1cccc2[nH]c(C(F)(F)F)nc12. The average molecular weight is 230 g/mol. The van der Waals surface area contributed by atoms with Crippen LogP contribution >= 0.6 is 0 Å². The van der Waals surface area contributed by atoms with Gasteiger partial charge in [-0.15, -0.1) is 0 Å². The first-order valence-corrected chi connectivity index (χ1v) is 4.18. The minimum absolute atomic E-state index is 0.0146. The van der Waals surface area contributed by atoms with E-state index in [1.54, 1.807) is 0 Å². The maximum Gasteiger partial charge on any atom is 0.449 e. The zero-order valence-electron chi connectivity index (χ0n) is 7.71. The summed E-state index contributed by atoms with van der Waals surface area (Å²) in [6.07, 6.45) is -4.56. The molecule has 1 aromatic heterocycles. The van der Waals surface area contributed by atoms with Crippen LogP contribution in [0.1, 0.15) is 5.82 Å². The van der Waals surface area contributed by atoms with Crippen molar-refractivity contribution in [1.82, 2.24) is 9.97 Å². The summed E-state index contributed by atoms with van der Waals surface area (Å²) in [6.45, 7) is 0.136. The van der Waals surface area contributed by atoms with E-state index < -0.39 is 12.0 Å². The van der Waals surface area contributed by atoms with E-state index in [0.29, 0.717) is 0 Å². The Morgan fingerprint density at radius 2 is 2.12 bits per heavy atom. The second-order valence-corrected chi connectivity index (χ2v) is 2.95. The van der Waals surface area contributed by atoms with Gasteiger partial charge in [0.15, 0.2) is 5.75 Å². The number of imidazole rings is 1. The fourth-order valence-corrected chi connectivity index (χ4v) is 1.29. The van der Waals surface area contributed by atoms with Gasteiger partial charge in [0.05, 0.1) is 5.52 Å². The topological polar surface area (TPSA) is 55.0 Å². The van der Waals surface area contributed by atoms with Crippen molar-refractivity contribution < 1.29 is 22.7 Å². The molecule has 1 N–H and O–H groups in total. The number of aromatic amines is 1. The van der Waals surface area contributed by atoms with Crippen molar-refractivity contribution in [3.8, 4) is 5.75 Å². The number of alkyl halides is 3. The molecule has 0 spiro atoms. The third kappa shape index (κ3) is 1.71. The second kappa shape index (κ2) is 3.51. The van der Waals surface area contributed by atoms with Gasteiger partial charge in [-0.1, -0.05) is 6.07 Å². The number of para-hydroxylation sites is 1. The number of nitrogens with zero attached hydrogens (tertiary/aromatic N) is 1. The number of hydrogen-bond donors (Lipinski definition) is 1. The Morgan fingerprint density at radius 3 is 2.75 bits per heavy atom. The number of nitrogens with one attached hydrogen (secondary N) is 1. The Labute approximate surface area is 87.0 Å². The van der Waals surface area contributed by atoms with Gasteiger partial charge in [0.1, 0.15) is 5.52 Å². The predicted octanol–water partition coefficient (Wildman–Crippen LogP) is 2.12. The van der Waals surface area contributed by atoms with E-state index in [4.69, 9.17) is 0 Å². The molecule has 2 rings (SSSR count). The number of benzene rings is 1. The zero-order chi connectivity index (χ0) is 11.8. The lowest BCUT2D eigenvalue weighted by atomic mass is 10.3. The minimum Gasteiger partial charge on any atom is -0.426 e. The Hall–Kier alpha value is -2.05. The molecule has 0 saturated heterocycles. The molecule has 0 unspecified atom stereocenters. The number of fused-ring (bicyclic) bond motifs is 1. The first kappa shape index (κ1) is 10.5. The molecular formula is C9H5F3N2O2. The van der Waals surface area contributed by atoms with Crippen molar-refractivity contribution in [3.05, 3.63) is 24.0 Å². The Kier molecular flexibility index (Phi) is 2.30. The van der Waals surface area contributed by atoms with Crippen molar-refractivity contribution in [3.63, 3.8) is 0 Å². The number of ether oxygens (including phenoxy) is 1. The maximum absolute atomic E-state index is 12.3. The van der Waals surface area contributed by atoms with E-state index >= 15 is 0 Å². The molecule has 0 saturated carbocycles. The smallest absolute Gasteiger partial charge is 0.426 e. The quantitative estimate of drug-likeness (QED) is 0.804. The average Bonchev–Trinajstić information content (AvgIpc) is 2.62. The number of aromatic nitrogens is 2. The third-order valence-electron chi connectivity index (χ3n) is 1.92. The lowest BCUT2D eigenvalue weighted by Gasteiger charge is -1.99. The summed E-state index contributed by atoms with van der Waals surface area (Å²) in [5.41, 5.74) is 0.133. The van der Waals surface area contributed by atoms with Crippen LogP contribution in [0.5, 0.6) is 5.75 Å². The van der Waals surface area contributed by atoms with Gasteiger partial charge in [-0.25, -0.2) is 4.98 Å². The highest BCUT2D eigenvalue weighted by molar-refractivity contribution is 5.82. The van der Waals surface area contributed by atoms with E-state index in [1.165, 1.54) is 18.2 Å². The van der Waals surface area contributed by atoms with Crippen LogP contribution in [-0.4, -0.2) is 16.4 Å². The fourth-order valence-electron chi connectivity index (χ4n) is 1.29. The standard InChI is InChI=1S/C9H5F3N2O2/c10-9(11,12)8-13-5-2-1-3-6(16-4-15)7(5)14-8/h1-4H,(H,13,14). The monoisotopic (exact) mass is 230 g/mol. The molecule has 2 aromatic rings. The van der Waals surface area contributed by atoms with Gasteiger partial charge in [-0.05, 0) is 12.1 Å². The number of carbonyl (C=O) groups excluding carboxylic acids is 1. The van der Waals surface area contributed by atoms with Gasteiger partial charge in [-0.3, -0.25) is 4.79 Å². The lowest BCUT2D eigenvalue weighted by Crippen LogP contribution is -2.06. The summed E-state index contributed by atoms with van der Waals surface area (Å²) in [6, 6.07) is 4.23. The molecule has 16 heavy (non-hydrogen) atoms. The fraction of sp³-hybridized carbons (Fsp3) is 0.111. The van der Waals surface area contributed by atoms with Crippen molar-refractivity contribution >= 4 is 17.5 Å². The number of H-pyrrole nitrogens is 1. The summed E-state index contributed by atoms with van der Waals surface area (Å²) in [5.74, 6) is -1.14. The van der Waals surface area contributed by atoms with Gasteiger partial charge in [0.25, 0.3) is 6.47 Å². The molecule has 0 amide bonds. The highest BCUT2D eigenvalue weighted by Crippen LogP contribution is 2.31. The van der Waals surface area contributed by atoms with Crippen LogP contribution in [0.4, 0.5) is 13.2 Å². The zero-order valence-corrected chi connectivity index (χ0v) is 7.71. The second-order valence-electron chi connectivity index (χ2n) is 2.95. The van der Waals surface area contributed by atoms with Crippen LogP contribution in [0.15, 0.2) is 18.2 Å². The molecule has 0 radical (unpaired) electrons. The summed E-state index contributed by atoms with van der Waals surface area (Å²) >= 11 is 0. The van der Waals surface area contributed by atoms with Crippen molar-refractivity contribution in [1.29, 1.82) is 0 Å². The van der Waals surface area contributed by atoms with Gasteiger partial charge in [0, 0.05) is 0 Å². The number of rotatable bonds is 2. The Balaban J connectivity index is 2.61. The Morgan fingerprint density at radius 1 is 1.38 bits per heavy atom. The largest absolute Gasteiger partial charge is 0.449 e. The highest BCUT2D eigenvalue weighted by atomic mass is 19.4. The molecule has 0 aliphatic rings. The molecule has 0 aliphatic carbocycles. The molecule has 84 valence electrons. The molecule has 1 aromatic carbocycles. The van der Waals surface area contributed by atoms with Crippen molar-refractivity contribution in [2.75, 3.05) is 0 Å². The van der Waals surface area contributed by atoms with E-state index in [9.17, 15) is 18.0 Å². The van der Waals surface area contributed by atoms with E-state index in [1.807, 2.05) is 0 Å². The molecule has 7 heteroatoms. The van der Waals surface area contributed by atoms with E-state index in [0.717, 1.165) is 0 Å². The van der Waals surface area contributed by atoms with Crippen LogP contribution in [0.3, 0.4) is 0 Å². The summed E-state index contributed by atoms with van der Waals surface area (Å²) in [7, 11) is 0. The van der Waals surface area contributed by atoms with Gasteiger partial charge in [0.2, 0.25) is 5.82 Å². The lowest BCUT2D eigenvalue weighted by molar-refractivity contribution is -0.144. The molecular weight excluding hydrogens is 225 g/mol. The first-order valence-electron chi connectivity index (χ1n) is 4.18. The van der Waals surface area contributed by atoms with Crippen LogP contribution < -0.4 is 4.74 Å². The highest BCUT2D eigenvalue weighted by Gasteiger charge is 2.35. The van der Waals surface area contributed by atoms with Gasteiger partial charge >= 0.3 is 6.18 Å². The van der Waals surface area contributed by atoms with Crippen LogP contribution in [0.25, 0.3) is 11.0 Å². The van der Waals surface area contributed by atoms with Gasteiger partial charge < -0.3 is 9.72 Å². The third-order valence-corrected chi connectivity index (χ3v) is 1.92. The van der Waals surface area contributed by atoms with Crippen molar-refractivity contribution in [2.24, 2.45) is 0 Å². The number of hydrogen-bond acceptors (Lipinski definition) is 3. The number of carbonyl (C=O) groups is 1. The molecule has 0 fully saturated rings. The van der Waals surface area contributed by atoms with Crippen molar-refractivity contribution in [2.45, 2.75) is 6.18 Å². The van der Waals surface area contributed by atoms with Gasteiger partial charge in [-0.2, -0.15) is 13.2 Å².